The highest BCUT2D eigenvalue weighted by molar-refractivity contribution is 5.90. The number of hydrogen-bond acceptors (Lipinski definition) is 3. The topological polar surface area (TPSA) is 47.6 Å². The van der Waals surface area contributed by atoms with Crippen molar-refractivity contribution in [2.24, 2.45) is 0 Å². The number of nitrogens with one attached hydrogen (secondary N) is 1. The molecule has 0 unspecified atom stereocenters. The molecular formula is C26H35NO3. The Labute approximate surface area is 181 Å². The predicted molar refractivity (Wildman–Crippen MR) is 126 cm³/mol. The van der Waals surface area contributed by atoms with Crippen molar-refractivity contribution in [3.63, 3.8) is 0 Å². The van der Waals surface area contributed by atoms with Crippen LogP contribution >= 0.6 is 0 Å². The molecule has 4 heteroatoms. The van der Waals surface area contributed by atoms with Crippen LogP contribution in [0.2, 0.25) is 0 Å². The number of unbranched alkanes of at least 4 members (excludes halogenated alkanes) is 3. The highest BCUT2D eigenvalue weighted by atomic mass is 16.5. The number of carbonyl (C=O) groups excluding carboxylic acids is 1. The van der Waals surface area contributed by atoms with Crippen molar-refractivity contribution < 1.29 is 14.3 Å². The number of rotatable bonds is 10. The number of benzene rings is 2. The normalized spacial score (nSPS) is 11.5. The zero-order chi connectivity index (χ0) is 22.0. The minimum absolute atomic E-state index is 0.105. The van der Waals surface area contributed by atoms with Gasteiger partial charge in [0.15, 0.2) is 0 Å². The molecule has 0 spiro atoms. The van der Waals surface area contributed by atoms with Crippen LogP contribution in [0.3, 0.4) is 0 Å². The fraction of sp³-hybridized carbons (Fsp3) is 0.423. The molecule has 0 aromatic heterocycles. The van der Waals surface area contributed by atoms with Crippen molar-refractivity contribution in [3.8, 4) is 11.5 Å². The van der Waals surface area contributed by atoms with Crippen LogP contribution in [0.15, 0.2) is 42.5 Å². The van der Waals surface area contributed by atoms with Gasteiger partial charge in [0.1, 0.15) is 17.1 Å². The molecule has 0 aliphatic carbocycles. The summed E-state index contributed by atoms with van der Waals surface area (Å²) in [5, 5.41) is 2.85. The Balaban J connectivity index is 2.08. The Hall–Kier alpha value is -2.75. The van der Waals surface area contributed by atoms with Crippen molar-refractivity contribution in [2.75, 3.05) is 11.9 Å². The van der Waals surface area contributed by atoms with E-state index < -0.39 is 0 Å². The first kappa shape index (κ1) is 23.5. The van der Waals surface area contributed by atoms with Crippen LogP contribution in [-0.4, -0.2) is 18.1 Å². The summed E-state index contributed by atoms with van der Waals surface area (Å²) >= 11 is 0. The van der Waals surface area contributed by atoms with Gasteiger partial charge in [-0.25, -0.2) is 0 Å². The van der Waals surface area contributed by atoms with E-state index >= 15 is 0 Å². The van der Waals surface area contributed by atoms with Crippen LogP contribution in [0, 0.1) is 0 Å². The quantitative estimate of drug-likeness (QED) is 0.341. The van der Waals surface area contributed by atoms with Crippen molar-refractivity contribution in [1.29, 1.82) is 0 Å². The van der Waals surface area contributed by atoms with Gasteiger partial charge in [0.2, 0.25) is 5.91 Å². The number of anilines is 1. The van der Waals surface area contributed by atoms with Crippen LogP contribution in [0.25, 0.3) is 12.2 Å². The molecule has 0 atom stereocenters. The molecule has 0 saturated carbocycles. The Morgan fingerprint density at radius 3 is 2.27 bits per heavy atom. The first-order chi connectivity index (χ1) is 14.3. The molecule has 0 fully saturated rings. The van der Waals surface area contributed by atoms with Crippen molar-refractivity contribution in [3.05, 3.63) is 53.6 Å². The monoisotopic (exact) mass is 409 g/mol. The van der Waals surface area contributed by atoms with Crippen LogP contribution in [0.1, 0.15) is 71.4 Å². The molecule has 2 aromatic carbocycles. The van der Waals surface area contributed by atoms with E-state index in [4.69, 9.17) is 9.47 Å². The molecule has 1 amide bonds. The lowest BCUT2D eigenvalue weighted by Crippen LogP contribution is -2.22. The third-order valence-electron chi connectivity index (χ3n) is 4.34. The lowest BCUT2D eigenvalue weighted by Gasteiger charge is -2.21. The number of hydrogen-bond donors (Lipinski definition) is 1. The molecule has 162 valence electrons. The van der Waals surface area contributed by atoms with Gasteiger partial charge in [-0.05, 0) is 62.6 Å². The maximum absolute atomic E-state index is 11.5. The van der Waals surface area contributed by atoms with E-state index in [1.54, 1.807) is 0 Å². The average molecular weight is 410 g/mol. The molecule has 0 heterocycles. The molecule has 2 rings (SSSR count). The Bertz CT molecular complexity index is 832. The second kappa shape index (κ2) is 11.4. The summed E-state index contributed by atoms with van der Waals surface area (Å²) in [6.07, 6.45) is 8.67. The van der Waals surface area contributed by atoms with Gasteiger partial charge in [-0.15, -0.1) is 0 Å². The highest BCUT2D eigenvalue weighted by Gasteiger charge is 2.11. The van der Waals surface area contributed by atoms with Crippen molar-refractivity contribution in [2.45, 2.75) is 65.9 Å². The van der Waals surface area contributed by atoms with Crippen LogP contribution in [0.4, 0.5) is 5.69 Å². The molecular weight excluding hydrogens is 374 g/mol. The lowest BCUT2D eigenvalue weighted by molar-refractivity contribution is -0.114. The largest absolute Gasteiger partial charge is 0.491 e. The number of ether oxygens (including phenoxy) is 2. The summed E-state index contributed by atoms with van der Waals surface area (Å²) in [7, 11) is 0. The van der Waals surface area contributed by atoms with Crippen LogP contribution in [-0.2, 0) is 4.79 Å². The standard InChI is InChI=1S/C26H35NO3/c1-6-7-8-9-18-29-25-19-22(14-17-24(25)27-20(2)28)11-10-21-12-15-23(16-13-21)30-26(3,4)5/h10-17,19H,6-9,18H2,1-5H3,(H,27,28). The fourth-order valence-electron chi connectivity index (χ4n) is 2.96. The van der Waals surface area contributed by atoms with Gasteiger partial charge in [0.25, 0.3) is 0 Å². The lowest BCUT2D eigenvalue weighted by atomic mass is 10.1. The minimum Gasteiger partial charge on any atom is -0.491 e. The number of amides is 1. The Kier molecular flexibility index (Phi) is 8.97. The summed E-state index contributed by atoms with van der Waals surface area (Å²) in [6, 6.07) is 13.9. The van der Waals surface area contributed by atoms with Crippen LogP contribution in [0.5, 0.6) is 11.5 Å². The second-order valence-corrected chi connectivity index (χ2v) is 8.46. The third-order valence-corrected chi connectivity index (χ3v) is 4.34. The molecule has 0 aliphatic heterocycles. The first-order valence-electron chi connectivity index (χ1n) is 10.8. The van der Waals surface area contributed by atoms with Gasteiger partial charge >= 0.3 is 0 Å². The summed E-state index contributed by atoms with van der Waals surface area (Å²) in [4.78, 5) is 11.5. The van der Waals surface area contributed by atoms with Gasteiger partial charge in [0, 0.05) is 6.92 Å². The van der Waals surface area contributed by atoms with E-state index in [1.807, 2.05) is 69.3 Å². The maximum Gasteiger partial charge on any atom is 0.221 e. The third kappa shape index (κ3) is 8.73. The van der Waals surface area contributed by atoms with Crippen molar-refractivity contribution in [1.82, 2.24) is 0 Å². The molecule has 0 bridgehead atoms. The molecule has 30 heavy (non-hydrogen) atoms. The zero-order valence-electron chi connectivity index (χ0n) is 19.0. The summed E-state index contributed by atoms with van der Waals surface area (Å²) < 4.78 is 11.8. The summed E-state index contributed by atoms with van der Waals surface area (Å²) in [5.74, 6) is 1.46. The SMILES string of the molecule is CCCCCCOc1cc(C=Cc2ccc(OC(C)(C)C)cc2)ccc1NC(C)=O. The van der Waals surface area contributed by atoms with E-state index in [9.17, 15) is 4.79 Å². The van der Waals surface area contributed by atoms with Gasteiger partial charge < -0.3 is 14.8 Å². The fourth-order valence-corrected chi connectivity index (χ4v) is 2.96. The summed E-state index contributed by atoms with van der Waals surface area (Å²) in [6.45, 7) is 10.5. The summed E-state index contributed by atoms with van der Waals surface area (Å²) in [5.41, 5.74) is 2.60. The van der Waals surface area contributed by atoms with Gasteiger partial charge in [-0.3, -0.25) is 4.79 Å². The highest BCUT2D eigenvalue weighted by Crippen LogP contribution is 2.27. The average Bonchev–Trinajstić information content (AvgIpc) is 2.67. The molecule has 0 aliphatic rings. The van der Waals surface area contributed by atoms with Gasteiger partial charge in [-0.2, -0.15) is 0 Å². The smallest absolute Gasteiger partial charge is 0.221 e. The van der Waals surface area contributed by atoms with E-state index in [2.05, 4.69) is 18.3 Å². The maximum atomic E-state index is 11.5. The molecule has 1 N–H and O–H groups in total. The van der Waals surface area contributed by atoms with E-state index in [0.29, 0.717) is 18.0 Å². The predicted octanol–water partition coefficient (Wildman–Crippen LogP) is 6.95. The van der Waals surface area contributed by atoms with E-state index in [0.717, 1.165) is 29.7 Å². The molecule has 0 saturated heterocycles. The molecule has 2 aromatic rings. The first-order valence-corrected chi connectivity index (χ1v) is 10.8. The van der Waals surface area contributed by atoms with Gasteiger partial charge in [0.05, 0.1) is 12.3 Å². The number of carbonyl (C=O) groups is 1. The van der Waals surface area contributed by atoms with Crippen LogP contribution < -0.4 is 14.8 Å². The Morgan fingerprint density at radius 1 is 0.967 bits per heavy atom. The molecule has 0 radical (unpaired) electrons. The Morgan fingerprint density at radius 2 is 1.63 bits per heavy atom. The molecule has 4 nitrogen and oxygen atoms in total. The van der Waals surface area contributed by atoms with E-state index in [1.165, 1.54) is 19.8 Å². The van der Waals surface area contributed by atoms with Crippen molar-refractivity contribution >= 4 is 23.7 Å². The van der Waals surface area contributed by atoms with E-state index in [-0.39, 0.29) is 11.5 Å². The second-order valence-electron chi connectivity index (χ2n) is 8.46. The zero-order valence-corrected chi connectivity index (χ0v) is 19.0. The van der Waals surface area contributed by atoms with Gasteiger partial charge in [-0.1, -0.05) is 56.5 Å². The minimum atomic E-state index is -0.208.